The number of guanidine groups is 1. The molecule has 1 N–H and O–H groups in total. The number of aromatic nitrogens is 2. The first-order valence-electron chi connectivity index (χ1n) is 9.41. The fraction of sp³-hybridized carbons (Fsp3) is 0.500. The summed E-state index contributed by atoms with van der Waals surface area (Å²) in [6, 6.07) is 8.72. The van der Waals surface area contributed by atoms with Crippen LogP contribution in [0.25, 0.3) is 0 Å². The second-order valence-electron chi connectivity index (χ2n) is 6.96. The number of nitrogens with one attached hydrogen (secondary N) is 1. The highest BCUT2D eigenvalue weighted by Crippen LogP contribution is 2.18. The lowest BCUT2D eigenvalue weighted by molar-refractivity contribution is 0.379. The van der Waals surface area contributed by atoms with E-state index in [1.54, 1.807) is 0 Å². The van der Waals surface area contributed by atoms with Gasteiger partial charge in [-0.1, -0.05) is 24.3 Å². The molecule has 0 radical (unpaired) electrons. The third-order valence-corrected chi connectivity index (χ3v) is 5.26. The molecule has 0 bridgehead atoms. The Morgan fingerprint density at radius 3 is 2.88 bits per heavy atom. The van der Waals surface area contributed by atoms with Crippen LogP contribution in [-0.2, 0) is 32.4 Å². The minimum atomic E-state index is 0.876. The third-order valence-electron chi connectivity index (χ3n) is 5.26. The van der Waals surface area contributed by atoms with Crippen molar-refractivity contribution < 1.29 is 0 Å². The summed E-state index contributed by atoms with van der Waals surface area (Å²) in [4.78, 5) is 11.6. The summed E-state index contributed by atoms with van der Waals surface area (Å²) in [5, 5.41) is 3.53. The Kier molecular flexibility index (Phi) is 4.72. The van der Waals surface area contributed by atoms with Crippen molar-refractivity contribution in [2.45, 2.75) is 45.2 Å². The lowest BCUT2D eigenvalue weighted by atomic mass is 10.0. The van der Waals surface area contributed by atoms with Gasteiger partial charge in [0.15, 0.2) is 5.96 Å². The van der Waals surface area contributed by atoms with E-state index < -0.39 is 0 Å². The van der Waals surface area contributed by atoms with E-state index in [2.05, 4.69) is 50.2 Å². The first-order valence-corrected chi connectivity index (χ1v) is 9.41. The molecule has 0 fully saturated rings. The van der Waals surface area contributed by atoms with Crippen LogP contribution in [0.4, 0.5) is 0 Å². The molecule has 0 saturated heterocycles. The number of rotatable bonds is 3. The Bertz CT molecular complexity index is 738. The van der Waals surface area contributed by atoms with Gasteiger partial charge in [0.05, 0.1) is 5.69 Å². The van der Waals surface area contributed by atoms with Crippen LogP contribution in [0.1, 0.15) is 35.5 Å². The van der Waals surface area contributed by atoms with Crippen LogP contribution in [-0.4, -0.2) is 40.5 Å². The van der Waals surface area contributed by atoms with Crippen molar-refractivity contribution in [2.24, 2.45) is 4.99 Å². The van der Waals surface area contributed by atoms with Gasteiger partial charge in [0.1, 0.15) is 5.82 Å². The molecule has 0 spiro atoms. The fourth-order valence-electron chi connectivity index (χ4n) is 3.90. The van der Waals surface area contributed by atoms with Gasteiger partial charge < -0.3 is 14.8 Å². The molecule has 1 aromatic carbocycles. The topological polar surface area (TPSA) is 45.5 Å². The summed E-state index contributed by atoms with van der Waals surface area (Å²) in [6.45, 7) is 3.97. The highest BCUT2D eigenvalue weighted by atomic mass is 15.3. The standard InChI is InChI=1S/C20H27N5/c1-21-20(25-13-10-16-6-2-3-7-17(16)14-25)22-11-9-18-15-24-12-5-4-8-19(24)23-18/h2-3,6-7,15H,4-5,8-14H2,1H3,(H,21,22). The second kappa shape index (κ2) is 7.30. The van der Waals surface area contributed by atoms with Gasteiger partial charge in [-0.15, -0.1) is 0 Å². The number of fused-ring (bicyclic) bond motifs is 2. The molecule has 5 nitrogen and oxygen atoms in total. The van der Waals surface area contributed by atoms with E-state index in [-0.39, 0.29) is 0 Å². The van der Waals surface area contributed by atoms with Gasteiger partial charge in [-0.2, -0.15) is 0 Å². The van der Waals surface area contributed by atoms with Crippen LogP contribution in [0.3, 0.4) is 0 Å². The largest absolute Gasteiger partial charge is 0.356 e. The summed E-state index contributed by atoms with van der Waals surface area (Å²) in [5.74, 6) is 2.26. The highest BCUT2D eigenvalue weighted by molar-refractivity contribution is 5.80. The molecular weight excluding hydrogens is 310 g/mol. The van der Waals surface area contributed by atoms with Gasteiger partial charge in [-0.05, 0) is 30.4 Å². The molecule has 0 unspecified atom stereocenters. The molecule has 0 saturated carbocycles. The minimum absolute atomic E-state index is 0.876. The van der Waals surface area contributed by atoms with Gasteiger partial charge in [0.25, 0.3) is 0 Å². The summed E-state index contributed by atoms with van der Waals surface area (Å²) in [7, 11) is 1.87. The summed E-state index contributed by atoms with van der Waals surface area (Å²) < 4.78 is 2.33. The number of aliphatic imine (C=N–C) groups is 1. The van der Waals surface area contributed by atoms with Crippen molar-refractivity contribution >= 4 is 5.96 Å². The van der Waals surface area contributed by atoms with Crippen LogP contribution < -0.4 is 5.32 Å². The van der Waals surface area contributed by atoms with E-state index in [9.17, 15) is 0 Å². The first kappa shape index (κ1) is 16.2. The Morgan fingerprint density at radius 2 is 2.04 bits per heavy atom. The van der Waals surface area contributed by atoms with Crippen LogP contribution in [0, 0.1) is 0 Å². The van der Waals surface area contributed by atoms with Crippen molar-refractivity contribution in [3.8, 4) is 0 Å². The minimum Gasteiger partial charge on any atom is -0.356 e. The maximum atomic E-state index is 4.79. The zero-order valence-corrected chi connectivity index (χ0v) is 15.0. The number of hydrogen-bond donors (Lipinski definition) is 1. The van der Waals surface area contributed by atoms with Crippen molar-refractivity contribution in [3.05, 3.63) is 53.1 Å². The fourth-order valence-corrected chi connectivity index (χ4v) is 3.90. The molecule has 2 aliphatic rings. The molecule has 25 heavy (non-hydrogen) atoms. The van der Waals surface area contributed by atoms with Crippen LogP contribution in [0.2, 0.25) is 0 Å². The zero-order valence-electron chi connectivity index (χ0n) is 15.0. The van der Waals surface area contributed by atoms with E-state index in [1.807, 2.05) is 7.05 Å². The lowest BCUT2D eigenvalue weighted by Gasteiger charge is -2.31. The number of hydrogen-bond acceptors (Lipinski definition) is 2. The Balaban J connectivity index is 1.33. The summed E-state index contributed by atoms with van der Waals surface area (Å²) >= 11 is 0. The van der Waals surface area contributed by atoms with Crippen molar-refractivity contribution in [2.75, 3.05) is 20.1 Å². The second-order valence-corrected chi connectivity index (χ2v) is 6.96. The van der Waals surface area contributed by atoms with E-state index in [0.717, 1.165) is 51.4 Å². The molecular formula is C20H27N5. The van der Waals surface area contributed by atoms with E-state index in [0.29, 0.717) is 0 Å². The predicted molar refractivity (Wildman–Crippen MR) is 101 cm³/mol. The molecule has 0 amide bonds. The summed E-state index contributed by atoms with van der Waals surface area (Å²) in [5.41, 5.74) is 4.08. The van der Waals surface area contributed by atoms with Crippen LogP contribution >= 0.6 is 0 Å². The van der Waals surface area contributed by atoms with E-state index in [4.69, 9.17) is 4.98 Å². The number of benzene rings is 1. The Labute approximate surface area is 149 Å². The molecule has 0 aliphatic carbocycles. The molecule has 0 atom stereocenters. The molecule has 4 rings (SSSR count). The van der Waals surface area contributed by atoms with E-state index in [1.165, 1.54) is 35.5 Å². The molecule has 3 heterocycles. The average Bonchev–Trinajstić information content (AvgIpc) is 3.08. The van der Waals surface area contributed by atoms with Crippen molar-refractivity contribution in [1.29, 1.82) is 0 Å². The van der Waals surface area contributed by atoms with E-state index >= 15 is 0 Å². The monoisotopic (exact) mass is 337 g/mol. The van der Waals surface area contributed by atoms with Crippen molar-refractivity contribution in [1.82, 2.24) is 19.8 Å². The lowest BCUT2D eigenvalue weighted by Crippen LogP contribution is -2.44. The number of aryl methyl sites for hydroxylation is 2. The zero-order chi connectivity index (χ0) is 17.1. The normalized spacial score (nSPS) is 17.2. The average molecular weight is 337 g/mol. The third kappa shape index (κ3) is 3.55. The molecule has 1 aromatic heterocycles. The predicted octanol–water partition coefficient (Wildman–Crippen LogP) is 2.40. The van der Waals surface area contributed by atoms with Crippen LogP contribution in [0.15, 0.2) is 35.5 Å². The molecule has 132 valence electrons. The maximum absolute atomic E-state index is 4.79. The van der Waals surface area contributed by atoms with Gasteiger partial charge in [0, 0.05) is 52.3 Å². The molecule has 2 aromatic rings. The Hall–Kier alpha value is -2.30. The quantitative estimate of drug-likeness (QED) is 0.691. The first-order chi connectivity index (χ1) is 12.3. The smallest absolute Gasteiger partial charge is 0.193 e. The number of nitrogens with zero attached hydrogens (tertiary/aromatic N) is 4. The SMILES string of the molecule is CN=C(NCCc1cn2c(n1)CCCC2)N1CCc2ccccc2C1. The van der Waals surface area contributed by atoms with Gasteiger partial charge in [-0.25, -0.2) is 4.98 Å². The van der Waals surface area contributed by atoms with Gasteiger partial charge in [-0.3, -0.25) is 4.99 Å². The van der Waals surface area contributed by atoms with Crippen molar-refractivity contribution in [3.63, 3.8) is 0 Å². The van der Waals surface area contributed by atoms with Gasteiger partial charge in [0.2, 0.25) is 0 Å². The van der Waals surface area contributed by atoms with Gasteiger partial charge >= 0.3 is 0 Å². The maximum Gasteiger partial charge on any atom is 0.193 e. The van der Waals surface area contributed by atoms with Crippen LogP contribution in [0.5, 0.6) is 0 Å². The molecule has 5 heteroatoms. The highest BCUT2D eigenvalue weighted by Gasteiger charge is 2.18. The number of imidazole rings is 1. The Morgan fingerprint density at radius 1 is 1.16 bits per heavy atom. The summed E-state index contributed by atoms with van der Waals surface area (Å²) in [6.07, 6.45) is 7.95. The molecule has 2 aliphatic heterocycles.